The number of benzene rings is 2. The molecule has 0 spiro atoms. The minimum Gasteiger partial charge on any atom is -0.469 e. The molecule has 0 aliphatic carbocycles. The van der Waals surface area contributed by atoms with Gasteiger partial charge >= 0.3 is 12.6 Å². The van der Waals surface area contributed by atoms with E-state index < -0.39 is 12.6 Å². The fourth-order valence-corrected chi connectivity index (χ4v) is 5.35. The Bertz CT molecular complexity index is 1690. The number of carbonyl (C=O) groups excluding carboxylic acids is 2. The van der Waals surface area contributed by atoms with Crippen LogP contribution in [-0.2, 0) is 27.9 Å². The molecule has 1 aliphatic rings. The normalized spacial score (nSPS) is 15.3. The third-order valence-corrected chi connectivity index (χ3v) is 7.64. The van der Waals surface area contributed by atoms with Gasteiger partial charge in [-0.15, -0.1) is 0 Å². The van der Waals surface area contributed by atoms with Gasteiger partial charge in [0.1, 0.15) is 5.75 Å². The van der Waals surface area contributed by atoms with Gasteiger partial charge in [0.15, 0.2) is 0 Å². The molecule has 0 unspecified atom stereocenters. The smallest absolute Gasteiger partial charge is 0.387 e. The number of rotatable bonds is 9. The first-order chi connectivity index (χ1) is 20.7. The lowest BCUT2D eigenvalue weighted by Crippen LogP contribution is -2.54. The van der Waals surface area contributed by atoms with E-state index in [-0.39, 0.29) is 42.6 Å². The van der Waals surface area contributed by atoms with Crippen LogP contribution < -0.4 is 15.2 Å². The molecular formula is C30H32F2N6O5. The van der Waals surface area contributed by atoms with Crippen LogP contribution in [0.15, 0.2) is 59.7 Å². The Kier molecular flexibility index (Phi) is 8.69. The Morgan fingerprint density at radius 2 is 1.79 bits per heavy atom. The highest BCUT2D eigenvalue weighted by Crippen LogP contribution is 2.27. The third-order valence-electron chi connectivity index (χ3n) is 7.64. The second-order valence-electron chi connectivity index (χ2n) is 10.3. The van der Waals surface area contributed by atoms with Crippen molar-refractivity contribution in [2.75, 3.05) is 31.6 Å². The molecule has 1 saturated heterocycles. The summed E-state index contributed by atoms with van der Waals surface area (Å²) in [6.07, 6.45) is 3.58. The molecule has 1 aliphatic heterocycles. The molecule has 4 aromatic rings. The molecule has 0 N–H and O–H groups in total. The quantitative estimate of drug-likeness (QED) is 0.271. The Morgan fingerprint density at radius 1 is 1.05 bits per heavy atom. The minimum absolute atomic E-state index is 0.0488. The highest BCUT2D eigenvalue weighted by atomic mass is 19.3. The molecule has 43 heavy (non-hydrogen) atoms. The SMILES string of the molecule is COC(=O)CCC(=O)N1CCN(c2ncc(-c3ccc4c(=O)n(C)n(Cc5ccccc5OC(F)F)c4c3)cn2)C[C@H]1C. The number of para-hydroxylation sites is 1. The maximum Gasteiger partial charge on any atom is 0.387 e. The number of aromatic nitrogens is 4. The van der Waals surface area contributed by atoms with Crippen molar-refractivity contribution in [3.8, 4) is 16.9 Å². The number of halogens is 2. The van der Waals surface area contributed by atoms with Gasteiger partial charge in [0.2, 0.25) is 11.9 Å². The van der Waals surface area contributed by atoms with Crippen LogP contribution in [0.3, 0.4) is 0 Å². The van der Waals surface area contributed by atoms with Crippen molar-refractivity contribution in [1.82, 2.24) is 24.2 Å². The number of methoxy groups -OCH3 is 1. The standard InChI is InChI=1S/C30H32F2N6O5/c1-19-17-36(12-13-37(19)26(39)10-11-27(40)42-3)30-33-15-22(16-34-30)20-8-9-23-24(14-20)38(35(2)28(23)41)18-21-6-4-5-7-25(21)43-29(31)32/h4-9,14-16,19,29H,10-13,17-18H2,1-3H3/t19-/m1/s1. The summed E-state index contributed by atoms with van der Waals surface area (Å²) < 4.78 is 38.4. The summed E-state index contributed by atoms with van der Waals surface area (Å²) in [5.74, 6) is 0.0829. The van der Waals surface area contributed by atoms with Crippen molar-refractivity contribution in [2.45, 2.75) is 39.0 Å². The van der Waals surface area contributed by atoms with Gasteiger partial charge in [-0.25, -0.2) is 9.97 Å². The predicted octanol–water partition coefficient (Wildman–Crippen LogP) is 3.44. The number of alkyl halides is 2. The zero-order valence-corrected chi connectivity index (χ0v) is 24.1. The van der Waals surface area contributed by atoms with E-state index in [9.17, 15) is 23.2 Å². The second kappa shape index (κ2) is 12.6. The largest absolute Gasteiger partial charge is 0.469 e. The molecule has 2 aromatic heterocycles. The summed E-state index contributed by atoms with van der Waals surface area (Å²) in [7, 11) is 2.93. The van der Waals surface area contributed by atoms with Gasteiger partial charge in [-0.2, -0.15) is 8.78 Å². The van der Waals surface area contributed by atoms with Gasteiger partial charge < -0.3 is 19.3 Å². The van der Waals surface area contributed by atoms with Crippen molar-refractivity contribution >= 4 is 28.7 Å². The Morgan fingerprint density at radius 3 is 2.49 bits per heavy atom. The molecule has 0 saturated carbocycles. The molecule has 1 amide bonds. The third kappa shape index (κ3) is 6.35. The number of piperazine rings is 1. The number of carbonyl (C=O) groups is 2. The number of hydrogen-bond acceptors (Lipinski definition) is 8. The van der Waals surface area contributed by atoms with Gasteiger partial charge in [-0.05, 0) is 30.7 Å². The van der Waals surface area contributed by atoms with E-state index in [4.69, 9.17) is 0 Å². The molecule has 2 aromatic carbocycles. The molecular weight excluding hydrogens is 562 g/mol. The summed E-state index contributed by atoms with van der Waals surface area (Å²) in [6, 6.07) is 11.8. The lowest BCUT2D eigenvalue weighted by molar-refractivity contribution is -0.144. The molecule has 0 bridgehead atoms. The monoisotopic (exact) mass is 594 g/mol. The molecule has 13 heteroatoms. The number of esters is 1. The maximum atomic E-state index is 13.0. The first-order valence-corrected chi connectivity index (χ1v) is 13.8. The lowest BCUT2D eigenvalue weighted by Gasteiger charge is -2.40. The van der Waals surface area contributed by atoms with Crippen molar-refractivity contribution in [3.63, 3.8) is 0 Å². The summed E-state index contributed by atoms with van der Waals surface area (Å²) in [5, 5.41) is 0.490. The van der Waals surface area contributed by atoms with Crippen LogP contribution in [0, 0.1) is 0 Å². The first kappa shape index (κ1) is 29.7. The fraction of sp³-hybridized carbons (Fsp3) is 0.367. The van der Waals surface area contributed by atoms with Gasteiger partial charge in [0.25, 0.3) is 5.56 Å². The summed E-state index contributed by atoms with van der Waals surface area (Å²) >= 11 is 0. The highest BCUT2D eigenvalue weighted by molar-refractivity contribution is 5.84. The number of fused-ring (bicyclic) bond motifs is 1. The van der Waals surface area contributed by atoms with Crippen molar-refractivity contribution in [3.05, 3.63) is 70.8 Å². The van der Waals surface area contributed by atoms with Crippen LogP contribution in [-0.4, -0.2) is 75.5 Å². The van der Waals surface area contributed by atoms with Gasteiger partial charge in [-0.1, -0.05) is 24.3 Å². The molecule has 1 fully saturated rings. The van der Waals surface area contributed by atoms with E-state index in [0.29, 0.717) is 42.0 Å². The van der Waals surface area contributed by atoms with Crippen LogP contribution in [0.5, 0.6) is 5.75 Å². The number of amides is 1. The molecule has 226 valence electrons. The first-order valence-electron chi connectivity index (χ1n) is 13.8. The summed E-state index contributed by atoms with van der Waals surface area (Å²) in [4.78, 5) is 49.9. The fourth-order valence-electron chi connectivity index (χ4n) is 5.35. The van der Waals surface area contributed by atoms with E-state index >= 15 is 0 Å². The Labute approximate surface area is 246 Å². The highest BCUT2D eigenvalue weighted by Gasteiger charge is 2.28. The lowest BCUT2D eigenvalue weighted by atomic mass is 10.1. The number of hydrogen-bond donors (Lipinski definition) is 0. The molecule has 11 nitrogen and oxygen atoms in total. The number of ether oxygens (including phenoxy) is 2. The average Bonchev–Trinajstić information content (AvgIpc) is 3.24. The molecule has 3 heterocycles. The topological polar surface area (TPSA) is 112 Å². The van der Waals surface area contributed by atoms with Crippen LogP contribution in [0.4, 0.5) is 14.7 Å². The summed E-state index contributed by atoms with van der Waals surface area (Å²) in [5.41, 5.74) is 2.44. The molecule has 1 atom stereocenters. The minimum atomic E-state index is -2.96. The zero-order chi connectivity index (χ0) is 30.7. The zero-order valence-electron chi connectivity index (χ0n) is 24.1. The van der Waals surface area contributed by atoms with Gasteiger partial charge in [-0.3, -0.25) is 23.7 Å². The second-order valence-corrected chi connectivity index (χ2v) is 10.3. The number of anilines is 1. The maximum absolute atomic E-state index is 13.0. The van der Waals surface area contributed by atoms with E-state index in [1.165, 1.54) is 17.9 Å². The van der Waals surface area contributed by atoms with Crippen LogP contribution >= 0.6 is 0 Å². The average molecular weight is 595 g/mol. The van der Waals surface area contributed by atoms with Crippen LogP contribution in [0.2, 0.25) is 0 Å². The van der Waals surface area contributed by atoms with Crippen molar-refractivity contribution in [2.24, 2.45) is 7.05 Å². The van der Waals surface area contributed by atoms with Crippen LogP contribution in [0.1, 0.15) is 25.3 Å². The molecule has 5 rings (SSSR count). The predicted molar refractivity (Wildman–Crippen MR) is 155 cm³/mol. The van der Waals surface area contributed by atoms with Crippen molar-refractivity contribution < 1.29 is 27.8 Å². The van der Waals surface area contributed by atoms with E-state index in [0.717, 1.165) is 11.1 Å². The van der Waals surface area contributed by atoms with E-state index in [1.54, 1.807) is 53.3 Å². The molecule has 0 radical (unpaired) electrons. The van der Waals surface area contributed by atoms with Crippen LogP contribution in [0.25, 0.3) is 22.0 Å². The van der Waals surface area contributed by atoms with E-state index in [2.05, 4.69) is 19.4 Å². The van der Waals surface area contributed by atoms with E-state index in [1.807, 2.05) is 24.0 Å². The number of nitrogens with zero attached hydrogens (tertiary/aromatic N) is 6. The Hall–Kier alpha value is -4.81. The summed E-state index contributed by atoms with van der Waals surface area (Å²) in [6.45, 7) is 0.707. The van der Waals surface area contributed by atoms with Gasteiger partial charge in [0, 0.05) is 62.7 Å². The van der Waals surface area contributed by atoms with Crippen molar-refractivity contribution in [1.29, 1.82) is 0 Å². The Balaban J connectivity index is 1.33. The van der Waals surface area contributed by atoms with Gasteiger partial charge in [0.05, 0.1) is 31.0 Å².